The Morgan fingerprint density at radius 2 is 1.58 bits per heavy atom. The number of carbonyl (C=O) groups excluding carboxylic acids is 2. The van der Waals surface area contributed by atoms with E-state index in [9.17, 15) is 32.5 Å². The molecule has 0 atom stereocenters. The van der Waals surface area contributed by atoms with Crippen LogP contribution in [0.2, 0.25) is 0 Å². The van der Waals surface area contributed by atoms with E-state index in [1.54, 1.807) is 12.1 Å². The van der Waals surface area contributed by atoms with Crippen LogP contribution < -0.4 is 5.32 Å². The average Bonchev–Trinajstić information content (AvgIpc) is 2.74. The van der Waals surface area contributed by atoms with Gasteiger partial charge in [-0.15, -0.1) is 0 Å². The summed E-state index contributed by atoms with van der Waals surface area (Å²) in [4.78, 5) is 36.6. The number of aromatic carboxylic acids is 1. The zero-order chi connectivity index (χ0) is 24.3. The number of carboxylic acids is 1. The Kier molecular flexibility index (Phi) is 6.68. The number of carboxylic acid groups (broad SMARTS) is 1. The lowest BCUT2D eigenvalue weighted by Crippen LogP contribution is -2.17. The van der Waals surface area contributed by atoms with E-state index in [1.165, 1.54) is 36.8 Å². The Morgan fingerprint density at radius 1 is 0.879 bits per heavy atom. The lowest BCUT2D eigenvalue weighted by molar-refractivity contribution is 0.0692. The molecule has 10 heteroatoms. The molecule has 0 saturated carbocycles. The van der Waals surface area contributed by atoms with Crippen molar-refractivity contribution in [2.75, 3.05) is 17.8 Å². The van der Waals surface area contributed by atoms with E-state index in [2.05, 4.69) is 9.68 Å². The Bertz CT molecular complexity index is 1400. The van der Waals surface area contributed by atoms with Gasteiger partial charge >= 0.3 is 5.97 Å². The van der Waals surface area contributed by atoms with Crippen LogP contribution in [0.5, 0.6) is 0 Å². The maximum absolute atomic E-state index is 13.6. The van der Waals surface area contributed by atoms with Crippen LogP contribution in [0.15, 0.2) is 65.0 Å². The molecule has 170 valence electrons. The fraction of sp³-hybridized carbons (Fsp3) is 0.0870. The summed E-state index contributed by atoms with van der Waals surface area (Å²) in [6.07, 6.45) is 2.53. The summed E-state index contributed by atoms with van der Waals surface area (Å²) >= 11 is 0. The molecular formula is C23H18F2N2O5S. The van der Waals surface area contributed by atoms with Crippen molar-refractivity contribution in [3.8, 4) is 11.1 Å². The Labute approximate surface area is 188 Å². The third kappa shape index (κ3) is 5.86. The molecule has 0 spiro atoms. The largest absolute Gasteiger partial charge is 0.478 e. The molecule has 0 fully saturated rings. The molecule has 3 aromatic carbocycles. The lowest BCUT2D eigenvalue weighted by Gasteiger charge is -2.10. The van der Waals surface area contributed by atoms with Crippen molar-refractivity contribution < 1.29 is 32.5 Å². The van der Waals surface area contributed by atoms with Crippen molar-refractivity contribution in [1.29, 1.82) is 0 Å². The molecule has 2 N–H and O–H groups in total. The number of nitrogens with zero attached hydrogens (tertiary/aromatic N) is 1. The van der Waals surface area contributed by atoms with Gasteiger partial charge in [-0.05, 0) is 53.6 Å². The van der Waals surface area contributed by atoms with Crippen LogP contribution in [0.25, 0.3) is 11.1 Å². The monoisotopic (exact) mass is 472 g/mol. The molecule has 0 bridgehead atoms. The number of nitrogens with one attached hydrogen (secondary N) is 1. The van der Waals surface area contributed by atoms with E-state index in [4.69, 9.17) is 0 Å². The molecule has 0 aromatic heterocycles. The molecule has 0 aliphatic rings. The maximum Gasteiger partial charge on any atom is 0.336 e. The van der Waals surface area contributed by atoms with Gasteiger partial charge in [0.2, 0.25) is 0 Å². The number of hydrogen-bond acceptors (Lipinski definition) is 4. The van der Waals surface area contributed by atoms with Gasteiger partial charge in [0, 0.05) is 33.5 Å². The van der Waals surface area contributed by atoms with E-state index in [0.717, 1.165) is 24.3 Å². The highest BCUT2D eigenvalue weighted by Gasteiger charge is 2.20. The van der Waals surface area contributed by atoms with Crippen LogP contribution in [-0.2, 0) is 9.73 Å². The normalized spacial score (nSPS) is 11.0. The van der Waals surface area contributed by atoms with Gasteiger partial charge in [-0.1, -0.05) is 18.2 Å². The number of anilines is 1. The van der Waals surface area contributed by atoms with Crippen LogP contribution in [-0.4, -0.2) is 39.6 Å². The fourth-order valence-corrected chi connectivity index (χ4v) is 3.46. The molecule has 0 unspecified atom stereocenters. The second-order valence-electron chi connectivity index (χ2n) is 7.31. The highest BCUT2D eigenvalue weighted by Crippen LogP contribution is 2.25. The van der Waals surface area contributed by atoms with Crippen LogP contribution in [0.4, 0.5) is 14.5 Å². The third-order valence-corrected chi connectivity index (χ3v) is 5.02. The quantitative estimate of drug-likeness (QED) is 0.570. The first-order valence-corrected chi connectivity index (χ1v) is 11.7. The second-order valence-corrected chi connectivity index (χ2v) is 9.85. The smallest absolute Gasteiger partial charge is 0.336 e. The topological polar surface area (TPSA) is 113 Å². The standard InChI is InChI=1S/C23H18F2N2O5S/c1-33(2,32)27-21(28)15-6-8-17(18(11-15)23(30)31)22(29)26-16-5-3-4-13(10-16)14-7-9-19(24)20(25)12-14/h3-12H,1-2H3,(H,26,29)(H,30,31). The van der Waals surface area contributed by atoms with Crippen molar-refractivity contribution in [2.45, 2.75) is 0 Å². The summed E-state index contributed by atoms with van der Waals surface area (Å²) in [6.45, 7) is 0. The average molecular weight is 472 g/mol. The first-order valence-electron chi connectivity index (χ1n) is 9.40. The Balaban J connectivity index is 1.91. The summed E-state index contributed by atoms with van der Waals surface area (Å²) in [5.74, 6) is -5.07. The summed E-state index contributed by atoms with van der Waals surface area (Å²) in [7, 11) is -2.75. The first-order chi connectivity index (χ1) is 15.4. The Hall–Kier alpha value is -3.92. The zero-order valence-electron chi connectivity index (χ0n) is 17.5. The van der Waals surface area contributed by atoms with Crippen molar-refractivity contribution >= 4 is 33.2 Å². The minimum atomic E-state index is -2.75. The minimum absolute atomic E-state index is 0.124. The van der Waals surface area contributed by atoms with E-state index in [-0.39, 0.29) is 16.8 Å². The highest BCUT2D eigenvalue weighted by atomic mass is 32.2. The van der Waals surface area contributed by atoms with Gasteiger partial charge in [0.05, 0.1) is 11.1 Å². The van der Waals surface area contributed by atoms with Gasteiger partial charge in [-0.2, -0.15) is 4.36 Å². The van der Waals surface area contributed by atoms with E-state index < -0.39 is 44.7 Å². The van der Waals surface area contributed by atoms with Crippen LogP contribution >= 0.6 is 0 Å². The van der Waals surface area contributed by atoms with Gasteiger partial charge in [0.25, 0.3) is 11.8 Å². The molecule has 2 amide bonds. The van der Waals surface area contributed by atoms with Gasteiger partial charge < -0.3 is 10.4 Å². The number of hydrogen-bond donors (Lipinski definition) is 2. The summed E-state index contributed by atoms with van der Waals surface area (Å²) in [5, 5.41) is 12.1. The molecule has 3 aromatic rings. The molecule has 0 aliphatic heterocycles. The SMILES string of the molecule is CS(C)(=O)=NC(=O)c1ccc(C(=O)Nc2cccc(-c3ccc(F)c(F)c3)c2)c(C(=O)O)c1. The molecular weight excluding hydrogens is 454 g/mol. The number of rotatable bonds is 5. The second kappa shape index (κ2) is 9.29. The van der Waals surface area contributed by atoms with E-state index >= 15 is 0 Å². The van der Waals surface area contributed by atoms with Crippen molar-refractivity contribution in [2.24, 2.45) is 4.36 Å². The Morgan fingerprint density at radius 3 is 2.21 bits per heavy atom. The summed E-state index contributed by atoms with van der Waals surface area (Å²) in [6, 6.07) is 13.0. The number of benzene rings is 3. The zero-order valence-corrected chi connectivity index (χ0v) is 18.3. The van der Waals surface area contributed by atoms with Crippen molar-refractivity contribution in [3.63, 3.8) is 0 Å². The number of carbonyl (C=O) groups is 3. The lowest BCUT2D eigenvalue weighted by atomic mass is 10.0. The summed E-state index contributed by atoms with van der Waals surface area (Å²) < 4.78 is 42.0. The van der Waals surface area contributed by atoms with Gasteiger partial charge in [0.15, 0.2) is 11.6 Å². The molecule has 7 nitrogen and oxygen atoms in total. The van der Waals surface area contributed by atoms with Gasteiger partial charge in [-0.25, -0.2) is 17.8 Å². The van der Waals surface area contributed by atoms with Crippen LogP contribution in [0.1, 0.15) is 31.1 Å². The highest BCUT2D eigenvalue weighted by molar-refractivity contribution is 7.92. The molecule has 0 aliphatic carbocycles. The molecule has 0 radical (unpaired) electrons. The van der Waals surface area contributed by atoms with Crippen LogP contribution in [0.3, 0.4) is 0 Å². The van der Waals surface area contributed by atoms with E-state index in [1.807, 2.05) is 0 Å². The number of halogens is 2. The summed E-state index contributed by atoms with van der Waals surface area (Å²) in [5.41, 5.74) is 0.378. The predicted octanol–water partition coefficient (Wildman–Crippen LogP) is 4.45. The fourth-order valence-electron chi connectivity index (χ4n) is 2.96. The molecule has 0 saturated heterocycles. The first kappa shape index (κ1) is 23.7. The van der Waals surface area contributed by atoms with Gasteiger partial charge in [-0.3, -0.25) is 9.59 Å². The molecule has 3 rings (SSSR count). The van der Waals surface area contributed by atoms with Crippen molar-refractivity contribution in [3.05, 3.63) is 89.0 Å². The maximum atomic E-state index is 13.6. The predicted molar refractivity (Wildman–Crippen MR) is 120 cm³/mol. The van der Waals surface area contributed by atoms with Crippen LogP contribution in [0, 0.1) is 11.6 Å². The number of amides is 2. The van der Waals surface area contributed by atoms with Gasteiger partial charge in [0.1, 0.15) is 0 Å². The molecule has 33 heavy (non-hydrogen) atoms. The van der Waals surface area contributed by atoms with E-state index in [0.29, 0.717) is 11.1 Å². The third-order valence-electron chi connectivity index (χ3n) is 4.42. The molecule has 0 heterocycles. The minimum Gasteiger partial charge on any atom is -0.478 e. The van der Waals surface area contributed by atoms with Crippen molar-refractivity contribution in [1.82, 2.24) is 0 Å².